The molecule has 622 valence electrons. The zero-order valence-electron chi connectivity index (χ0n) is 65.0. The molecule has 38 heteroatoms. The zero-order valence-corrected chi connectivity index (χ0v) is 69.6. The Hall–Kier alpha value is -6.57. The number of aliphatic hydroxyl groups is 5. The summed E-state index contributed by atoms with van der Waals surface area (Å²) < 4.78 is 78.2. The number of thioether (sulfide) groups is 1. The number of nitrogens with one attached hydrogen (secondary N) is 3. The molecule has 0 radical (unpaired) electrons. The van der Waals surface area contributed by atoms with Gasteiger partial charge in [-0.1, -0.05) is 51.3 Å². The second-order valence-corrected chi connectivity index (χ2v) is 33.4. The number of nitrogens with zero attached hydrogens (tertiary/aromatic N) is 3. The summed E-state index contributed by atoms with van der Waals surface area (Å²) in [5, 5.41) is 64.9. The highest BCUT2D eigenvalue weighted by Crippen LogP contribution is 2.50. The van der Waals surface area contributed by atoms with E-state index in [0.717, 1.165) is 18.9 Å². The van der Waals surface area contributed by atoms with E-state index in [2.05, 4.69) is 33.2 Å². The summed E-state index contributed by atoms with van der Waals surface area (Å²) in [7, 11) is 9.28. The summed E-state index contributed by atoms with van der Waals surface area (Å²) in [5.74, 6) is 3.14. The number of benzene rings is 2. The van der Waals surface area contributed by atoms with Crippen LogP contribution in [0.15, 0.2) is 64.4 Å². The molecular weight excluding hydrogens is 1660 g/mol. The fraction of sp³-hybridized carbons (Fsp3) is 0.613. The number of ketones is 1. The average molecular weight is 1760 g/mol. The third-order valence-corrected chi connectivity index (χ3v) is 25.5. The number of amides is 5. The van der Waals surface area contributed by atoms with Gasteiger partial charge >= 0.3 is 12.1 Å². The minimum absolute atomic E-state index is 0.00274. The SMILES string of the molecule is CCN(C(C)=O)C1COC(OC2C(O[C@H]3/C=C\C#C[C@]4(O)CC(=O)C(NC(=O)OC)=C3/C4=C\CSSC(C)(C)CC(=O)N/N=C(\C)c3ccc(OCCCC(=O)ON4C(=O)CCC4=O)cc3)OC(C)C(NOC3CC(O)C(SC(=O)c4c(C)c(I)c(OC5OC(C)C(O)C(OC)C5O)c(OC)c4OC)C(C)O3)C2O)CC1OC. The minimum Gasteiger partial charge on any atom is -0.494 e. The van der Waals surface area contributed by atoms with Gasteiger partial charge in [-0.25, -0.2) is 15.0 Å². The summed E-state index contributed by atoms with van der Waals surface area (Å²) in [4.78, 5) is 117. The standard InChI is InChI=1S/C75H99IN6O28S3/c1-15-81(41(7)83)45-35-102-54(32-49(45)96-10)107-67-62(91)59(80-109-55-31-46(84)69(40(6)103-55)112-70(93)56-36(2)58(76)65(68(99-13)64(56)97-11)108-71-63(92)66(98-12)61(90)39(5)105-71)38(4)104-72(67)106-48-19-16-17-28-75(95)33-47(85)60(77-73(94)100-14)57(48)44(75)27-30-111-113-74(8,9)34-50(86)79-78-37(3)42-21-23-43(24-22-42)101-29-18-20-53(89)110-82-51(87)25-26-52(82)88/h16,19,21-24,27,38-40,45-46,48-49,54-55,59,61-63,66-67,69,71-72,80,84,90-92,95H,15,18,20,25-26,29-35H2,1-14H3,(H,77,94)(H,79,86)/b19-16-,44-27+,78-37+/t38?,39?,40?,45?,46?,48-,49?,54?,55?,59?,61?,62?,63?,66?,67?,69?,71?,72?,75-/m0/s1. The van der Waals surface area contributed by atoms with Crippen LogP contribution in [0.2, 0.25) is 0 Å². The van der Waals surface area contributed by atoms with Crippen LogP contribution < -0.4 is 35.2 Å². The summed E-state index contributed by atoms with van der Waals surface area (Å²) >= 11 is 2.78. The van der Waals surface area contributed by atoms with Crippen LogP contribution in [-0.4, -0.2) is 269 Å². The number of halogens is 1. The predicted octanol–water partition coefficient (Wildman–Crippen LogP) is 4.65. The molecule has 5 saturated heterocycles. The van der Waals surface area contributed by atoms with E-state index in [4.69, 9.17) is 71.3 Å². The van der Waals surface area contributed by atoms with E-state index in [0.29, 0.717) is 37.8 Å². The first-order valence-electron chi connectivity index (χ1n) is 36.6. The van der Waals surface area contributed by atoms with Crippen molar-refractivity contribution in [2.45, 2.75) is 234 Å². The quantitative estimate of drug-likeness (QED) is 0.00939. The molecule has 0 aromatic heterocycles. The molecule has 2 aromatic rings. The molecule has 17 unspecified atom stereocenters. The number of Topliss-reactive ketones (excluding diaryl/α,β-unsaturated/α-hetero) is 1. The monoisotopic (exact) mass is 1750 g/mol. The maximum atomic E-state index is 14.6. The van der Waals surface area contributed by atoms with E-state index in [1.165, 1.54) is 69.1 Å². The highest BCUT2D eigenvalue weighted by molar-refractivity contribution is 14.1. The Morgan fingerprint density at radius 1 is 0.858 bits per heavy atom. The first kappa shape index (κ1) is 90.3. The second kappa shape index (κ2) is 40.5. The number of imide groups is 1. The molecule has 0 saturated carbocycles. The third-order valence-electron chi connectivity index (χ3n) is 19.7. The normalized spacial score (nSPS) is 30.7. The molecule has 5 aliphatic heterocycles. The van der Waals surface area contributed by atoms with Crippen LogP contribution in [0.1, 0.15) is 128 Å². The number of aliphatic hydroxyl groups excluding tert-OH is 4. The van der Waals surface area contributed by atoms with Crippen molar-refractivity contribution in [1.82, 2.24) is 26.2 Å². The number of carbonyl (C=O) groups excluding carboxylic acids is 8. The van der Waals surface area contributed by atoms with Gasteiger partial charge in [-0.05, 0) is 132 Å². The van der Waals surface area contributed by atoms with Crippen molar-refractivity contribution in [3.63, 3.8) is 0 Å². The summed E-state index contributed by atoms with van der Waals surface area (Å²) in [6, 6.07) is 5.17. The van der Waals surface area contributed by atoms with Crippen molar-refractivity contribution >= 4 is 108 Å². The van der Waals surface area contributed by atoms with Crippen LogP contribution in [0.3, 0.4) is 0 Å². The minimum atomic E-state index is -2.17. The lowest BCUT2D eigenvalue weighted by molar-refractivity contribution is -0.337. The van der Waals surface area contributed by atoms with E-state index in [1.54, 1.807) is 69.9 Å². The Labute approximate surface area is 679 Å². The number of carbonyl (C=O) groups is 8. The number of allylic oxidation sites excluding steroid dienone is 2. The van der Waals surface area contributed by atoms with Crippen molar-refractivity contribution in [3.05, 3.63) is 79.6 Å². The van der Waals surface area contributed by atoms with Gasteiger partial charge < -0.3 is 96.8 Å². The van der Waals surface area contributed by atoms with Crippen molar-refractivity contribution < 1.29 is 135 Å². The van der Waals surface area contributed by atoms with Gasteiger partial charge in [0, 0.05) is 81.4 Å². The Morgan fingerprint density at radius 3 is 2.20 bits per heavy atom. The van der Waals surface area contributed by atoms with Gasteiger partial charge in [-0.2, -0.15) is 10.6 Å². The van der Waals surface area contributed by atoms with Crippen LogP contribution in [0, 0.1) is 22.3 Å². The summed E-state index contributed by atoms with van der Waals surface area (Å²) in [6.07, 6.45) is -15.2. The number of rotatable bonds is 32. The highest BCUT2D eigenvalue weighted by Gasteiger charge is 2.53. The number of hydroxylamine groups is 3. The largest absolute Gasteiger partial charge is 0.494 e. The Bertz CT molecular complexity index is 3960. The van der Waals surface area contributed by atoms with E-state index in [1.807, 2.05) is 43.4 Å². The van der Waals surface area contributed by atoms with Crippen molar-refractivity contribution in [2.75, 3.05) is 61.1 Å². The van der Waals surface area contributed by atoms with Crippen molar-refractivity contribution in [3.8, 4) is 34.8 Å². The molecule has 9 rings (SSSR count). The second-order valence-electron chi connectivity index (χ2n) is 28.1. The van der Waals surface area contributed by atoms with Gasteiger partial charge in [0.25, 0.3) is 11.8 Å². The van der Waals surface area contributed by atoms with E-state index in [-0.39, 0.29) is 109 Å². The van der Waals surface area contributed by atoms with Crippen LogP contribution in [-0.2, 0) is 81.1 Å². The van der Waals surface area contributed by atoms with Crippen LogP contribution in [0.5, 0.6) is 23.0 Å². The lowest BCUT2D eigenvalue weighted by atomic mass is 9.75. The molecule has 34 nitrogen and oxygen atoms in total. The molecule has 19 atom stereocenters. The molecule has 7 aliphatic rings. The summed E-state index contributed by atoms with van der Waals surface area (Å²) in [5.41, 5.74) is 4.74. The van der Waals surface area contributed by atoms with Crippen molar-refractivity contribution in [1.29, 1.82) is 0 Å². The molecule has 8 N–H and O–H groups in total. The van der Waals surface area contributed by atoms with E-state index in [9.17, 15) is 63.9 Å². The Balaban J connectivity index is 0.882. The predicted molar refractivity (Wildman–Crippen MR) is 415 cm³/mol. The number of fused-ring (bicyclic) bond motifs is 2. The molecular formula is C75H99IN6O28S3. The number of hydrogen-bond donors (Lipinski definition) is 8. The molecule has 5 amide bonds. The number of ether oxygens (including phenoxy) is 13. The molecule has 5 heterocycles. The van der Waals surface area contributed by atoms with Crippen molar-refractivity contribution in [2.24, 2.45) is 5.10 Å². The van der Waals surface area contributed by atoms with Crippen LogP contribution >= 0.6 is 55.9 Å². The number of methoxy groups -OCH3 is 5. The molecule has 2 bridgehead atoms. The third kappa shape index (κ3) is 22.0. The highest BCUT2D eigenvalue weighted by atomic mass is 127. The van der Waals surface area contributed by atoms with Crippen LogP contribution in [0.4, 0.5) is 4.79 Å². The zero-order chi connectivity index (χ0) is 82.5. The Kier molecular flexibility index (Phi) is 32.4. The lowest BCUT2D eigenvalue weighted by Crippen LogP contribution is -2.65. The van der Waals surface area contributed by atoms with Gasteiger partial charge in [-0.3, -0.25) is 38.9 Å². The fourth-order valence-corrected chi connectivity index (χ4v) is 17.9. The Morgan fingerprint density at radius 2 is 1.56 bits per heavy atom. The maximum Gasteiger partial charge on any atom is 0.411 e. The van der Waals surface area contributed by atoms with E-state index >= 15 is 0 Å². The number of likely N-dealkylation sites (N-methyl/N-ethyl adjacent to an activating group) is 1. The number of hydrogen-bond acceptors (Lipinski definition) is 33. The molecule has 2 aromatic carbocycles. The van der Waals surface area contributed by atoms with Gasteiger partial charge in [0.05, 0.1) is 116 Å². The van der Waals surface area contributed by atoms with Gasteiger partial charge in [-0.15, -0.1) is 5.06 Å². The average Bonchev–Trinajstić information content (AvgIpc) is 1.16. The maximum absolute atomic E-state index is 14.6. The number of alkyl carbamates (subject to hydrolysis) is 1. The van der Waals surface area contributed by atoms with Gasteiger partial charge in [0.15, 0.2) is 41.8 Å². The topological polar surface area (TPSA) is 431 Å². The molecule has 113 heavy (non-hydrogen) atoms. The summed E-state index contributed by atoms with van der Waals surface area (Å²) in [6.45, 7) is 15.6. The smallest absolute Gasteiger partial charge is 0.411 e. The van der Waals surface area contributed by atoms with E-state index < -0.39 is 167 Å². The first-order chi connectivity index (χ1) is 53.7. The van der Waals surface area contributed by atoms with Gasteiger partial charge in [0.2, 0.25) is 29.0 Å². The fourth-order valence-electron chi connectivity index (χ4n) is 13.8. The first-order valence-corrected chi connectivity index (χ1v) is 40.8. The molecule has 5 fully saturated rings. The molecule has 2 aliphatic carbocycles. The lowest BCUT2D eigenvalue weighted by Gasteiger charge is -2.47. The van der Waals surface area contributed by atoms with Crippen LogP contribution in [0.25, 0.3) is 0 Å². The number of hydrazone groups is 1. The molecule has 0 spiro atoms. The van der Waals surface area contributed by atoms with Gasteiger partial charge in [0.1, 0.15) is 42.4 Å².